The van der Waals surface area contributed by atoms with Gasteiger partial charge in [-0.3, -0.25) is 4.79 Å². The molecule has 1 heterocycles. The van der Waals surface area contributed by atoms with Gasteiger partial charge in [-0.05, 0) is 77.0 Å². The van der Waals surface area contributed by atoms with Crippen molar-refractivity contribution >= 4 is 5.91 Å². The number of carbonyl (C=O) groups excluding carboxylic acids is 1. The second-order valence-electron chi connectivity index (χ2n) is 19.0. The van der Waals surface area contributed by atoms with E-state index in [0.717, 1.165) is 77.0 Å². The summed E-state index contributed by atoms with van der Waals surface area (Å²) in [5.74, 6) is -0.193. The normalized spacial score (nSPS) is 20.2. The Morgan fingerprint density at radius 3 is 1.41 bits per heavy atom. The first-order chi connectivity index (χ1) is 33.3. The summed E-state index contributed by atoms with van der Waals surface area (Å²) in [5.41, 5.74) is 0. The zero-order valence-corrected chi connectivity index (χ0v) is 43.3. The molecular formula is C59H103NO8. The van der Waals surface area contributed by atoms with Gasteiger partial charge in [0, 0.05) is 6.42 Å². The molecule has 0 aromatic heterocycles. The highest BCUT2D eigenvalue weighted by Gasteiger charge is 2.44. The Morgan fingerprint density at radius 2 is 0.926 bits per heavy atom. The maximum Gasteiger partial charge on any atom is 0.220 e. The molecule has 9 heteroatoms. The first-order valence-electron chi connectivity index (χ1n) is 27.8. The van der Waals surface area contributed by atoms with E-state index in [1.807, 2.05) is 6.08 Å². The van der Waals surface area contributed by atoms with Crippen LogP contribution in [-0.2, 0) is 14.3 Å². The van der Waals surface area contributed by atoms with E-state index in [1.54, 1.807) is 6.08 Å². The Bertz CT molecular complexity index is 1340. The summed E-state index contributed by atoms with van der Waals surface area (Å²) in [6, 6.07) is -0.828. The predicted octanol–water partition coefficient (Wildman–Crippen LogP) is 13.5. The van der Waals surface area contributed by atoms with Crippen molar-refractivity contribution in [3.8, 4) is 0 Å². The van der Waals surface area contributed by atoms with Crippen LogP contribution in [0.4, 0.5) is 0 Å². The first-order valence-corrected chi connectivity index (χ1v) is 27.8. The van der Waals surface area contributed by atoms with E-state index in [4.69, 9.17) is 9.47 Å². The molecule has 9 nitrogen and oxygen atoms in total. The fourth-order valence-corrected chi connectivity index (χ4v) is 8.32. The molecule has 1 aliphatic heterocycles. The number of hydrogen-bond donors (Lipinski definition) is 6. The van der Waals surface area contributed by atoms with Gasteiger partial charge in [0.2, 0.25) is 5.91 Å². The van der Waals surface area contributed by atoms with Gasteiger partial charge in [0.1, 0.15) is 24.4 Å². The van der Waals surface area contributed by atoms with E-state index in [-0.39, 0.29) is 12.5 Å². The minimum atomic E-state index is -1.58. The summed E-state index contributed by atoms with van der Waals surface area (Å²) in [6.45, 7) is 3.65. The Labute approximate surface area is 416 Å². The molecule has 1 saturated heterocycles. The molecule has 0 saturated carbocycles. The number of rotatable bonds is 46. The maximum atomic E-state index is 13.0. The number of unbranched alkanes of at least 4 members (excludes halogenated alkanes) is 24. The van der Waals surface area contributed by atoms with Crippen LogP contribution in [0.1, 0.15) is 226 Å². The smallest absolute Gasteiger partial charge is 0.220 e. The number of aliphatic hydroxyl groups is 5. The van der Waals surface area contributed by atoms with E-state index in [9.17, 15) is 30.3 Å². The molecule has 1 amide bonds. The number of amides is 1. The molecule has 1 rings (SSSR count). The van der Waals surface area contributed by atoms with Gasteiger partial charge < -0.3 is 40.3 Å². The molecule has 7 atom stereocenters. The van der Waals surface area contributed by atoms with Gasteiger partial charge in [0.15, 0.2) is 6.29 Å². The predicted molar refractivity (Wildman–Crippen MR) is 285 cm³/mol. The van der Waals surface area contributed by atoms with Gasteiger partial charge in [-0.1, -0.05) is 227 Å². The van der Waals surface area contributed by atoms with Gasteiger partial charge in [-0.25, -0.2) is 0 Å². The molecule has 0 spiro atoms. The van der Waals surface area contributed by atoms with Crippen LogP contribution < -0.4 is 5.32 Å². The lowest BCUT2D eigenvalue weighted by Crippen LogP contribution is -2.60. The maximum absolute atomic E-state index is 13.0. The Balaban J connectivity index is 2.26. The van der Waals surface area contributed by atoms with Crippen molar-refractivity contribution in [2.45, 2.75) is 269 Å². The standard InChI is InChI=1S/C59H103NO8/c1-3-5-7-9-11-13-15-17-19-21-23-24-25-26-27-28-29-30-31-33-35-37-39-41-43-45-47-49-55(63)60-52(51-67-59-58(66)57(65)56(64)54(50-61)68-59)53(62)48-46-44-42-40-38-36-34-32-22-20-18-16-14-12-10-8-6-4-2/h5,7,11,13,17,19,23-24,26-27,38,40,46,48,52-54,56-59,61-62,64-66H,3-4,6,8-10,12,14-16,18,20-22,25,28-37,39,41-45,47,49-51H2,1-2H3,(H,60,63)/b7-5-,13-11-,19-17-,24-23-,27-26-,40-38+,48-46+. The average molecular weight is 954 g/mol. The van der Waals surface area contributed by atoms with Crippen LogP contribution in [0.15, 0.2) is 85.1 Å². The zero-order chi connectivity index (χ0) is 49.4. The minimum absolute atomic E-state index is 0.193. The van der Waals surface area contributed by atoms with Crippen LogP contribution in [0.25, 0.3) is 0 Å². The van der Waals surface area contributed by atoms with Crippen LogP contribution in [0.5, 0.6) is 0 Å². The van der Waals surface area contributed by atoms with Crippen LogP contribution in [0.2, 0.25) is 0 Å². The van der Waals surface area contributed by atoms with Crippen LogP contribution in [0, 0.1) is 0 Å². The molecule has 392 valence electrons. The lowest BCUT2D eigenvalue weighted by Gasteiger charge is -2.40. The molecule has 68 heavy (non-hydrogen) atoms. The summed E-state index contributed by atoms with van der Waals surface area (Å²) < 4.78 is 11.2. The SMILES string of the molecule is CC/C=C\C/C=C\C/C=C\C/C=C\C/C=C\CCCCCCCCCCCCCC(=O)NC(COC1OC(CO)C(O)C(O)C1O)C(O)/C=C/CC/C=C/CCCCCCCCCCCCCC. The minimum Gasteiger partial charge on any atom is -0.394 e. The number of nitrogens with one attached hydrogen (secondary N) is 1. The van der Waals surface area contributed by atoms with Crippen LogP contribution in [-0.4, -0.2) is 87.5 Å². The Kier molecular flexibility index (Phi) is 44.8. The number of ether oxygens (including phenoxy) is 2. The molecule has 0 radical (unpaired) electrons. The summed E-state index contributed by atoms with van der Waals surface area (Å²) in [5, 5.41) is 54.4. The third kappa shape index (κ3) is 37.2. The van der Waals surface area contributed by atoms with E-state index >= 15 is 0 Å². The van der Waals surface area contributed by atoms with Crippen molar-refractivity contribution in [2.75, 3.05) is 13.2 Å². The van der Waals surface area contributed by atoms with Gasteiger partial charge in [0.25, 0.3) is 0 Å². The molecule has 0 bridgehead atoms. The highest BCUT2D eigenvalue weighted by molar-refractivity contribution is 5.76. The van der Waals surface area contributed by atoms with Crippen LogP contribution >= 0.6 is 0 Å². The second-order valence-corrected chi connectivity index (χ2v) is 19.0. The van der Waals surface area contributed by atoms with Gasteiger partial charge >= 0.3 is 0 Å². The summed E-state index contributed by atoms with van der Waals surface area (Å²) in [7, 11) is 0. The second kappa shape index (κ2) is 48.0. The highest BCUT2D eigenvalue weighted by atomic mass is 16.7. The fraction of sp³-hybridized carbons (Fsp3) is 0.746. The van der Waals surface area contributed by atoms with Gasteiger partial charge in [-0.15, -0.1) is 0 Å². The van der Waals surface area contributed by atoms with E-state index in [1.165, 1.54) is 128 Å². The summed E-state index contributed by atoms with van der Waals surface area (Å²) >= 11 is 0. The molecular weight excluding hydrogens is 851 g/mol. The Morgan fingerprint density at radius 1 is 0.515 bits per heavy atom. The third-order valence-electron chi connectivity index (χ3n) is 12.7. The average Bonchev–Trinajstić information content (AvgIpc) is 3.34. The molecule has 0 aromatic carbocycles. The van der Waals surface area contributed by atoms with Crippen LogP contribution in [0.3, 0.4) is 0 Å². The number of hydrogen-bond acceptors (Lipinski definition) is 8. The first kappa shape index (κ1) is 63.4. The van der Waals surface area contributed by atoms with E-state index < -0.39 is 49.5 Å². The van der Waals surface area contributed by atoms with Gasteiger partial charge in [-0.2, -0.15) is 0 Å². The zero-order valence-electron chi connectivity index (χ0n) is 43.3. The molecule has 0 aromatic rings. The van der Waals surface area contributed by atoms with E-state index in [0.29, 0.717) is 6.42 Å². The summed E-state index contributed by atoms with van der Waals surface area (Å²) in [6.07, 6.45) is 60.7. The van der Waals surface area contributed by atoms with Crippen molar-refractivity contribution in [1.82, 2.24) is 5.32 Å². The van der Waals surface area contributed by atoms with Crippen molar-refractivity contribution in [3.05, 3.63) is 85.1 Å². The topological polar surface area (TPSA) is 149 Å². The highest BCUT2D eigenvalue weighted by Crippen LogP contribution is 2.23. The lowest BCUT2D eigenvalue weighted by atomic mass is 9.99. The van der Waals surface area contributed by atoms with Crippen molar-refractivity contribution in [3.63, 3.8) is 0 Å². The molecule has 1 fully saturated rings. The quantitative estimate of drug-likeness (QED) is 0.0261. The number of aliphatic hydroxyl groups excluding tert-OH is 5. The van der Waals surface area contributed by atoms with E-state index in [2.05, 4.69) is 92.1 Å². The molecule has 7 unspecified atom stereocenters. The number of allylic oxidation sites excluding steroid dienone is 13. The number of carbonyl (C=O) groups is 1. The Hall–Kier alpha value is -2.63. The van der Waals surface area contributed by atoms with Crippen molar-refractivity contribution in [2.24, 2.45) is 0 Å². The fourth-order valence-electron chi connectivity index (χ4n) is 8.32. The van der Waals surface area contributed by atoms with Crippen molar-refractivity contribution < 1.29 is 39.8 Å². The summed E-state index contributed by atoms with van der Waals surface area (Å²) in [4.78, 5) is 13.0. The molecule has 0 aliphatic carbocycles. The third-order valence-corrected chi connectivity index (χ3v) is 12.7. The molecule has 1 aliphatic rings. The monoisotopic (exact) mass is 954 g/mol. The van der Waals surface area contributed by atoms with Gasteiger partial charge in [0.05, 0.1) is 25.4 Å². The van der Waals surface area contributed by atoms with Crippen molar-refractivity contribution in [1.29, 1.82) is 0 Å². The lowest BCUT2D eigenvalue weighted by molar-refractivity contribution is -0.302. The largest absolute Gasteiger partial charge is 0.394 e. The molecule has 6 N–H and O–H groups in total.